The molecule has 7 heteroatoms. The number of anilines is 2. The highest BCUT2D eigenvalue weighted by Gasteiger charge is 2.21. The molecule has 0 fully saturated rings. The maximum Gasteiger partial charge on any atom is 0.339 e. The molecule has 0 aliphatic carbocycles. The molecule has 0 aromatic heterocycles. The summed E-state index contributed by atoms with van der Waals surface area (Å²) >= 11 is 6.07. The van der Waals surface area contributed by atoms with E-state index in [4.69, 9.17) is 16.6 Å². The second-order valence-corrected chi connectivity index (χ2v) is 5.69. The molecule has 0 amide bonds. The first-order valence-corrected chi connectivity index (χ1v) is 6.56. The van der Waals surface area contributed by atoms with Gasteiger partial charge in [0.15, 0.2) is 0 Å². The quantitative estimate of drug-likeness (QED) is 0.296. The predicted octanol–water partition coefficient (Wildman–Crippen LogP) is 2.36. The smallest absolute Gasteiger partial charge is 0.339 e. The number of carboxylic acid groups (broad SMARTS) is 1. The highest BCUT2D eigenvalue weighted by Crippen LogP contribution is 2.35. The number of hydrogen-bond acceptors (Lipinski definition) is 3. The lowest BCUT2D eigenvalue weighted by molar-refractivity contribution is 0.0697. The van der Waals surface area contributed by atoms with Crippen LogP contribution in [0.4, 0.5) is 11.4 Å². The number of halogens is 3. The summed E-state index contributed by atoms with van der Waals surface area (Å²) < 4.78 is 2.26. The first-order valence-electron chi connectivity index (χ1n) is 3.32. The van der Waals surface area contributed by atoms with Gasteiger partial charge in [-0.3, -0.25) is 0 Å². The summed E-state index contributed by atoms with van der Waals surface area (Å²) in [6.45, 7) is 0. The third kappa shape index (κ3) is 2.03. The van der Waals surface area contributed by atoms with Crippen LogP contribution in [0.2, 0.25) is 0 Å². The van der Waals surface area contributed by atoms with Gasteiger partial charge in [0, 0.05) is 7.14 Å². The van der Waals surface area contributed by atoms with E-state index < -0.39 is 5.97 Å². The summed E-state index contributed by atoms with van der Waals surface area (Å²) in [5.74, 6) is -1.05. The molecule has 0 heterocycles. The van der Waals surface area contributed by atoms with Gasteiger partial charge >= 0.3 is 5.97 Å². The molecule has 76 valence electrons. The summed E-state index contributed by atoms with van der Waals surface area (Å²) in [5.41, 5.74) is 11.9. The van der Waals surface area contributed by atoms with Crippen LogP contribution in [0.25, 0.3) is 0 Å². The molecule has 0 aliphatic rings. The Morgan fingerprint density at radius 3 is 1.93 bits per heavy atom. The fourth-order valence-corrected chi connectivity index (χ4v) is 3.33. The minimum absolute atomic E-state index is 0.0907. The number of benzene rings is 1. The number of carboxylic acids is 1. The monoisotopic (exact) mass is 530 g/mol. The molecule has 0 bridgehead atoms. The first-order chi connectivity index (χ1) is 6.37. The zero-order valence-corrected chi connectivity index (χ0v) is 13.1. The summed E-state index contributed by atoms with van der Waals surface area (Å²) in [6, 6.07) is 0. The van der Waals surface area contributed by atoms with E-state index in [9.17, 15) is 4.79 Å². The van der Waals surface area contributed by atoms with Crippen molar-refractivity contribution in [2.75, 3.05) is 11.5 Å². The summed E-state index contributed by atoms with van der Waals surface area (Å²) in [4.78, 5) is 10.9. The van der Waals surface area contributed by atoms with Crippen molar-refractivity contribution < 1.29 is 9.90 Å². The predicted molar refractivity (Wildman–Crippen MR) is 80.4 cm³/mol. The molecule has 14 heavy (non-hydrogen) atoms. The average molecular weight is 530 g/mol. The van der Waals surface area contributed by atoms with E-state index in [1.54, 1.807) is 0 Å². The third-order valence-corrected chi connectivity index (χ3v) is 6.96. The van der Waals surface area contributed by atoms with E-state index in [0.29, 0.717) is 9.26 Å². The van der Waals surface area contributed by atoms with E-state index in [1.165, 1.54) is 0 Å². The van der Waals surface area contributed by atoms with Gasteiger partial charge in [0.2, 0.25) is 0 Å². The van der Waals surface area contributed by atoms with Crippen molar-refractivity contribution in [1.82, 2.24) is 0 Å². The third-order valence-electron chi connectivity index (χ3n) is 1.61. The molecule has 0 radical (unpaired) electrons. The van der Waals surface area contributed by atoms with Crippen molar-refractivity contribution in [3.8, 4) is 0 Å². The number of hydrogen-bond donors (Lipinski definition) is 3. The zero-order valence-electron chi connectivity index (χ0n) is 6.64. The number of nitrogen functional groups attached to an aromatic ring is 2. The highest BCUT2D eigenvalue weighted by molar-refractivity contribution is 14.1. The van der Waals surface area contributed by atoms with Gasteiger partial charge in [-0.1, -0.05) is 0 Å². The average Bonchev–Trinajstić information content (AvgIpc) is 2.11. The van der Waals surface area contributed by atoms with Crippen molar-refractivity contribution >= 4 is 85.1 Å². The molecule has 0 spiro atoms. The molecule has 1 aromatic rings. The Balaban J connectivity index is 3.68. The molecule has 1 rings (SSSR count). The van der Waals surface area contributed by atoms with Crippen LogP contribution in [0.3, 0.4) is 0 Å². The van der Waals surface area contributed by atoms with Crippen molar-refractivity contribution in [1.29, 1.82) is 0 Å². The molecule has 1 aromatic carbocycles. The fourth-order valence-electron chi connectivity index (χ4n) is 0.905. The van der Waals surface area contributed by atoms with Crippen molar-refractivity contribution in [2.45, 2.75) is 0 Å². The number of nitrogens with two attached hydrogens (primary N) is 2. The van der Waals surface area contributed by atoms with Gasteiger partial charge in [-0.15, -0.1) is 0 Å². The molecule has 0 aliphatic heterocycles. The SMILES string of the molecule is Nc1c(N)c(C(=O)O)c(I)c(I)c1I. The number of carbonyl (C=O) groups is 1. The van der Waals surface area contributed by atoms with Crippen LogP contribution >= 0.6 is 67.8 Å². The first kappa shape index (κ1) is 12.5. The fraction of sp³-hybridized carbons (Fsp3) is 0. The molecule has 0 saturated heterocycles. The van der Waals surface area contributed by atoms with E-state index in [0.717, 1.165) is 7.14 Å². The largest absolute Gasteiger partial charge is 0.478 e. The molecule has 0 atom stereocenters. The Labute approximate surface area is 121 Å². The molecule has 0 saturated carbocycles. The summed E-state index contributed by atoms with van der Waals surface area (Å²) in [7, 11) is 0. The summed E-state index contributed by atoms with van der Waals surface area (Å²) in [6.07, 6.45) is 0. The lowest BCUT2D eigenvalue weighted by atomic mass is 10.1. The normalized spacial score (nSPS) is 10.2. The van der Waals surface area contributed by atoms with Crippen molar-refractivity contribution in [3.63, 3.8) is 0 Å². The molecule has 5 N–H and O–H groups in total. The van der Waals surface area contributed by atoms with Crippen LogP contribution < -0.4 is 11.5 Å². The van der Waals surface area contributed by atoms with E-state index in [1.807, 2.05) is 45.2 Å². The van der Waals surface area contributed by atoms with Gasteiger partial charge in [-0.05, 0) is 67.8 Å². The second-order valence-electron chi connectivity index (χ2n) is 2.45. The molecule has 0 unspecified atom stereocenters. The Morgan fingerprint density at radius 2 is 1.50 bits per heavy atom. The maximum atomic E-state index is 10.9. The Morgan fingerprint density at radius 1 is 1.00 bits per heavy atom. The Bertz CT molecular complexity index is 391. The second kappa shape index (κ2) is 4.55. The zero-order chi connectivity index (χ0) is 11.0. The van der Waals surface area contributed by atoms with E-state index >= 15 is 0 Å². The lowest BCUT2D eigenvalue weighted by Crippen LogP contribution is -2.11. The van der Waals surface area contributed by atoms with Crippen LogP contribution in [0, 0.1) is 10.7 Å². The van der Waals surface area contributed by atoms with Gasteiger partial charge in [0.1, 0.15) is 0 Å². The van der Waals surface area contributed by atoms with Crippen molar-refractivity contribution in [3.05, 3.63) is 16.3 Å². The van der Waals surface area contributed by atoms with E-state index in [2.05, 4.69) is 22.6 Å². The van der Waals surface area contributed by atoms with E-state index in [-0.39, 0.29) is 11.3 Å². The van der Waals surface area contributed by atoms with Crippen LogP contribution in [-0.4, -0.2) is 11.1 Å². The van der Waals surface area contributed by atoms with Crippen LogP contribution in [-0.2, 0) is 0 Å². The van der Waals surface area contributed by atoms with Gasteiger partial charge in [0.05, 0.1) is 20.5 Å². The standard InChI is InChI=1S/C7H5I3N2O2/c8-2-1(7(13)14)5(11)6(12)4(10)3(2)9/h11-12H2,(H,13,14). The van der Waals surface area contributed by atoms with Crippen LogP contribution in [0.15, 0.2) is 0 Å². The minimum Gasteiger partial charge on any atom is -0.478 e. The number of aromatic carboxylic acids is 1. The van der Waals surface area contributed by atoms with Crippen LogP contribution in [0.1, 0.15) is 10.4 Å². The molecule has 4 nitrogen and oxygen atoms in total. The summed E-state index contributed by atoms with van der Waals surface area (Å²) in [5, 5.41) is 8.94. The van der Waals surface area contributed by atoms with Gasteiger partial charge in [-0.2, -0.15) is 0 Å². The topological polar surface area (TPSA) is 89.3 Å². The van der Waals surface area contributed by atoms with Gasteiger partial charge in [-0.25, -0.2) is 4.79 Å². The maximum absolute atomic E-state index is 10.9. The molecular weight excluding hydrogens is 525 g/mol. The van der Waals surface area contributed by atoms with Gasteiger partial charge in [0.25, 0.3) is 0 Å². The Hall–Kier alpha value is 0.480. The minimum atomic E-state index is -1.05. The van der Waals surface area contributed by atoms with Crippen molar-refractivity contribution in [2.24, 2.45) is 0 Å². The Kier molecular flexibility index (Phi) is 4.08. The van der Waals surface area contributed by atoms with Crippen LogP contribution in [0.5, 0.6) is 0 Å². The highest BCUT2D eigenvalue weighted by atomic mass is 127. The van der Waals surface area contributed by atoms with Gasteiger partial charge < -0.3 is 16.6 Å². The lowest BCUT2D eigenvalue weighted by Gasteiger charge is -2.11. The number of rotatable bonds is 1. The molecular formula is C7H5I3N2O2.